The maximum Gasteiger partial charge on any atom is 0.238 e. The molecule has 0 radical (unpaired) electrons. The Kier molecular flexibility index (Phi) is 4.96. The third-order valence-electron chi connectivity index (χ3n) is 4.81. The molecule has 0 saturated carbocycles. The normalized spacial score (nSPS) is 11.7. The van der Waals surface area contributed by atoms with Crippen molar-refractivity contribution in [3.63, 3.8) is 0 Å². The number of carbonyl (C=O) groups is 2. The zero-order valence-corrected chi connectivity index (χ0v) is 17.3. The van der Waals surface area contributed by atoms with Gasteiger partial charge in [0.05, 0.1) is 28.2 Å². The zero-order chi connectivity index (χ0) is 22.3. The van der Waals surface area contributed by atoms with Crippen molar-refractivity contribution in [2.75, 3.05) is 5.32 Å². The topological polar surface area (TPSA) is 150 Å². The molecule has 1 aromatic heterocycles. The van der Waals surface area contributed by atoms with Crippen LogP contribution in [0.1, 0.15) is 12.6 Å². The van der Waals surface area contributed by atoms with Gasteiger partial charge in [0.1, 0.15) is 0 Å². The van der Waals surface area contributed by atoms with Gasteiger partial charge in [0.15, 0.2) is 0 Å². The number of nitrogens with two attached hydrogens (primary N) is 2. The van der Waals surface area contributed by atoms with Crippen molar-refractivity contribution in [3.05, 3.63) is 60.3 Å². The number of hydrogen-bond donors (Lipinski definition) is 3. The quantitative estimate of drug-likeness (QED) is 0.435. The lowest BCUT2D eigenvalue weighted by atomic mass is 10.0. The molecule has 5 N–H and O–H groups in total. The van der Waals surface area contributed by atoms with Crippen molar-refractivity contribution in [3.8, 4) is 5.69 Å². The minimum absolute atomic E-state index is 0.0251. The summed E-state index contributed by atoms with van der Waals surface area (Å²) in [6.45, 7) is 1.42. The molecular formula is C21H19N5O4S. The summed E-state index contributed by atoms with van der Waals surface area (Å²) in [4.78, 5) is 23.1. The fourth-order valence-corrected chi connectivity index (χ4v) is 4.05. The first-order valence-electron chi connectivity index (χ1n) is 9.27. The Bertz CT molecular complexity index is 1460. The number of sulfonamides is 1. The number of nitrogens with one attached hydrogen (secondary N) is 1. The van der Waals surface area contributed by atoms with Gasteiger partial charge in [-0.3, -0.25) is 9.59 Å². The molecule has 10 heteroatoms. The van der Waals surface area contributed by atoms with Crippen LogP contribution in [0.5, 0.6) is 0 Å². The summed E-state index contributed by atoms with van der Waals surface area (Å²) in [5, 5.41) is 14.9. The number of amides is 2. The SMILES string of the molecule is CC(=O)Nc1ccc2ccc3c(CC(N)=O)nn(-c4ccc(S(N)(=O)=O)cc4)c3c2c1. The van der Waals surface area contributed by atoms with Crippen molar-refractivity contribution in [1.82, 2.24) is 9.78 Å². The summed E-state index contributed by atoms with van der Waals surface area (Å²) in [5.74, 6) is -0.726. The van der Waals surface area contributed by atoms with Crippen LogP contribution in [0.25, 0.3) is 27.4 Å². The van der Waals surface area contributed by atoms with Gasteiger partial charge in [0, 0.05) is 23.4 Å². The maximum absolute atomic E-state index is 11.6. The predicted octanol–water partition coefficient (Wildman–Crippen LogP) is 1.81. The van der Waals surface area contributed by atoms with E-state index in [2.05, 4.69) is 10.4 Å². The number of primary amides is 1. The van der Waals surface area contributed by atoms with Crippen LogP contribution in [-0.4, -0.2) is 30.0 Å². The monoisotopic (exact) mass is 437 g/mol. The molecule has 158 valence electrons. The second-order valence-corrected chi connectivity index (χ2v) is 8.68. The lowest BCUT2D eigenvalue weighted by Crippen LogP contribution is -2.14. The van der Waals surface area contributed by atoms with Gasteiger partial charge in [-0.1, -0.05) is 18.2 Å². The van der Waals surface area contributed by atoms with Crippen LogP contribution >= 0.6 is 0 Å². The van der Waals surface area contributed by atoms with Gasteiger partial charge < -0.3 is 11.1 Å². The van der Waals surface area contributed by atoms with E-state index in [0.717, 1.165) is 16.2 Å². The zero-order valence-electron chi connectivity index (χ0n) is 16.5. The van der Waals surface area contributed by atoms with Crippen LogP contribution in [-0.2, 0) is 26.0 Å². The third-order valence-corrected chi connectivity index (χ3v) is 5.74. The molecule has 0 bridgehead atoms. The lowest BCUT2D eigenvalue weighted by Gasteiger charge is -2.09. The van der Waals surface area contributed by atoms with Crippen molar-refractivity contribution in [2.24, 2.45) is 10.9 Å². The van der Waals surface area contributed by atoms with Crippen LogP contribution in [0, 0.1) is 0 Å². The number of rotatable bonds is 5. The van der Waals surface area contributed by atoms with E-state index >= 15 is 0 Å². The van der Waals surface area contributed by atoms with E-state index in [1.54, 1.807) is 22.9 Å². The number of aromatic nitrogens is 2. The molecule has 0 aliphatic rings. The smallest absolute Gasteiger partial charge is 0.238 e. The number of anilines is 1. The van der Waals surface area contributed by atoms with Gasteiger partial charge in [0.2, 0.25) is 21.8 Å². The fraction of sp³-hybridized carbons (Fsp3) is 0.0952. The molecule has 1 heterocycles. The minimum Gasteiger partial charge on any atom is -0.369 e. The van der Waals surface area contributed by atoms with Gasteiger partial charge in [-0.2, -0.15) is 5.10 Å². The molecule has 0 saturated heterocycles. The first-order valence-corrected chi connectivity index (χ1v) is 10.8. The van der Waals surface area contributed by atoms with Crippen molar-refractivity contribution < 1.29 is 18.0 Å². The fourth-order valence-electron chi connectivity index (χ4n) is 3.53. The summed E-state index contributed by atoms with van der Waals surface area (Å²) in [7, 11) is -3.84. The second-order valence-electron chi connectivity index (χ2n) is 7.12. The standard InChI is InChI=1S/C21H19N5O4S/c1-12(27)24-14-4-2-13-3-9-17-19(11-20(22)28)25-26(21(17)18(13)10-14)15-5-7-16(8-6-15)31(23,29)30/h2-10H,11H2,1H3,(H2,22,28)(H,24,27)(H2,23,29,30). The van der Waals surface area contributed by atoms with Crippen molar-refractivity contribution in [1.29, 1.82) is 0 Å². The molecule has 3 aromatic carbocycles. The van der Waals surface area contributed by atoms with Gasteiger partial charge in [-0.15, -0.1) is 0 Å². The van der Waals surface area contributed by atoms with E-state index in [4.69, 9.17) is 10.9 Å². The van der Waals surface area contributed by atoms with E-state index in [1.165, 1.54) is 19.1 Å². The van der Waals surface area contributed by atoms with Gasteiger partial charge in [-0.05, 0) is 41.8 Å². The molecule has 0 fully saturated rings. The maximum atomic E-state index is 11.6. The number of fused-ring (bicyclic) bond motifs is 3. The van der Waals surface area contributed by atoms with Gasteiger partial charge in [-0.25, -0.2) is 18.2 Å². The Balaban J connectivity index is 2.01. The third kappa shape index (κ3) is 3.98. The highest BCUT2D eigenvalue weighted by Crippen LogP contribution is 2.32. The Morgan fingerprint density at radius 1 is 1.03 bits per heavy atom. The predicted molar refractivity (Wildman–Crippen MR) is 117 cm³/mol. The summed E-state index contributed by atoms with van der Waals surface area (Å²) < 4.78 is 24.8. The highest BCUT2D eigenvalue weighted by molar-refractivity contribution is 7.89. The van der Waals surface area contributed by atoms with Gasteiger partial charge in [0.25, 0.3) is 0 Å². The Morgan fingerprint density at radius 2 is 1.71 bits per heavy atom. The average Bonchev–Trinajstić information content (AvgIpc) is 3.05. The Morgan fingerprint density at radius 3 is 2.32 bits per heavy atom. The molecule has 31 heavy (non-hydrogen) atoms. The minimum atomic E-state index is -3.84. The van der Waals surface area contributed by atoms with E-state index < -0.39 is 15.9 Å². The molecule has 0 unspecified atom stereocenters. The molecule has 2 amide bonds. The van der Waals surface area contributed by atoms with E-state index in [0.29, 0.717) is 22.6 Å². The highest BCUT2D eigenvalue weighted by Gasteiger charge is 2.17. The molecule has 0 aliphatic heterocycles. The van der Waals surface area contributed by atoms with Crippen LogP contribution in [0.4, 0.5) is 5.69 Å². The highest BCUT2D eigenvalue weighted by atomic mass is 32.2. The lowest BCUT2D eigenvalue weighted by molar-refractivity contribution is -0.117. The molecule has 4 aromatic rings. The number of nitrogens with zero attached hydrogens (tertiary/aromatic N) is 2. The summed E-state index contributed by atoms with van der Waals surface area (Å²) in [6.07, 6.45) is -0.0599. The van der Waals surface area contributed by atoms with Crippen molar-refractivity contribution >= 4 is 49.2 Å². The first kappa shape index (κ1) is 20.5. The van der Waals surface area contributed by atoms with E-state index in [9.17, 15) is 18.0 Å². The number of benzene rings is 3. The second kappa shape index (κ2) is 7.49. The van der Waals surface area contributed by atoms with Gasteiger partial charge >= 0.3 is 0 Å². The van der Waals surface area contributed by atoms with Crippen LogP contribution in [0.3, 0.4) is 0 Å². The first-order chi connectivity index (χ1) is 14.6. The number of hydrogen-bond acceptors (Lipinski definition) is 5. The van der Waals surface area contributed by atoms with Crippen LogP contribution in [0.15, 0.2) is 59.5 Å². The van der Waals surface area contributed by atoms with Crippen molar-refractivity contribution in [2.45, 2.75) is 18.2 Å². The summed E-state index contributed by atoms with van der Waals surface area (Å²) in [5.41, 5.74) is 7.78. The Labute approximate surface area is 177 Å². The number of primary sulfonamides is 1. The van der Waals surface area contributed by atoms with Crippen LogP contribution < -0.4 is 16.2 Å². The van der Waals surface area contributed by atoms with E-state index in [-0.39, 0.29) is 17.2 Å². The van der Waals surface area contributed by atoms with Crippen LogP contribution in [0.2, 0.25) is 0 Å². The molecule has 0 aliphatic carbocycles. The largest absolute Gasteiger partial charge is 0.369 e. The molecule has 9 nitrogen and oxygen atoms in total. The molecule has 4 rings (SSSR count). The Hall–Kier alpha value is -3.76. The molecule has 0 atom stereocenters. The molecule has 0 spiro atoms. The molecular weight excluding hydrogens is 418 g/mol. The van der Waals surface area contributed by atoms with E-state index in [1.807, 2.05) is 24.3 Å². The summed E-state index contributed by atoms with van der Waals surface area (Å²) >= 11 is 0. The summed E-state index contributed by atoms with van der Waals surface area (Å²) in [6, 6.07) is 15.2. The number of carbonyl (C=O) groups excluding carboxylic acids is 2. The average molecular weight is 437 g/mol.